The van der Waals surface area contributed by atoms with E-state index in [1.165, 1.54) is 24.3 Å². The first-order valence-corrected chi connectivity index (χ1v) is 7.15. The second kappa shape index (κ2) is 6.38. The van der Waals surface area contributed by atoms with E-state index in [1.54, 1.807) is 0 Å². The van der Waals surface area contributed by atoms with Crippen molar-refractivity contribution in [1.82, 2.24) is 0 Å². The Kier molecular flexibility index (Phi) is 4.43. The van der Waals surface area contributed by atoms with E-state index in [1.807, 2.05) is 0 Å². The van der Waals surface area contributed by atoms with E-state index in [0.29, 0.717) is 5.39 Å². The topological polar surface area (TPSA) is 150 Å². The van der Waals surface area contributed by atoms with Gasteiger partial charge in [0.05, 0.1) is 6.61 Å². The summed E-state index contributed by atoms with van der Waals surface area (Å²) >= 11 is 0. The largest absolute Gasteiger partial charge is 0.502 e. The first-order chi connectivity index (χ1) is 11.4. The van der Waals surface area contributed by atoms with Gasteiger partial charge in [-0.25, -0.2) is 4.79 Å². The highest BCUT2D eigenvalue weighted by Crippen LogP contribution is 2.27. The number of aliphatic hydroxyl groups excluding tert-OH is 4. The predicted octanol–water partition coefficient (Wildman–Crippen LogP) is -1.32. The Labute approximate surface area is 134 Å². The molecule has 5 atom stereocenters. The van der Waals surface area contributed by atoms with Gasteiger partial charge in [0.15, 0.2) is 0 Å². The summed E-state index contributed by atoms with van der Waals surface area (Å²) in [5, 5.41) is 48.3. The molecule has 2 aromatic rings. The Morgan fingerprint density at radius 2 is 1.83 bits per heavy atom. The van der Waals surface area contributed by atoms with Crippen molar-refractivity contribution in [3.8, 4) is 11.5 Å². The minimum absolute atomic E-state index is 0.139. The fourth-order valence-corrected chi connectivity index (χ4v) is 2.45. The van der Waals surface area contributed by atoms with Crippen molar-refractivity contribution in [3.05, 3.63) is 34.7 Å². The molecule has 0 saturated carbocycles. The molecule has 1 fully saturated rings. The molecule has 130 valence electrons. The first-order valence-electron chi connectivity index (χ1n) is 7.15. The Bertz CT molecular complexity index is 784. The van der Waals surface area contributed by atoms with E-state index in [4.69, 9.17) is 19.0 Å². The Hall–Kier alpha value is -2.17. The molecule has 1 unspecified atom stereocenters. The molecular weight excluding hydrogens is 324 g/mol. The van der Waals surface area contributed by atoms with Crippen LogP contribution in [0.15, 0.2) is 33.5 Å². The zero-order valence-electron chi connectivity index (χ0n) is 12.3. The second-order valence-electron chi connectivity index (χ2n) is 5.43. The lowest BCUT2D eigenvalue weighted by Crippen LogP contribution is -2.60. The van der Waals surface area contributed by atoms with Crippen LogP contribution in [0.3, 0.4) is 0 Å². The van der Waals surface area contributed by atoms with Crippen LogP contribution in [0.1, 0.15) is 0 Å². The molecule has 9 nitrogen and oxygen atoms in total. The number of ether oxygens (including phenoxy) is 2. The number of fused-ring (bicyclic) bond motifs is 1. The monoisotopic (exact) mass is 340 g/mol. The van der Waals surface area contributed by atoms with Crippen molar-refractivity contribution in [1.29, 1.82) is 0 Å². The highest BCUT2D eigenvalue weighted by atomic mass is 16.7. The van der Waals surface area contributed by atoms with Crippen LogP contribution in [0, 0.1) is 0 Å². The molecule has 0 radical (unpaired) electrons. The number of aliphatic hydroxyl groups is 4. The van der Waals surface area contributed by atoms with Crippen molar-refractivity contribution in [2.45, 2.75) is 30.7 Å². The first kappa shape index (κ1) is 16.7. The summed E-state index contributed by atoms with van der Waals surface area (Å²) in [4.78, 5) is 11.3. The van der Waals surface area contributed by atoms with Crippen LogP contribution in [0.2, 0.25) is 0 Å². The van der Waals surface area contributed by atoms with Gasteiger partial charge >= 0.3 is 5.63 Å². The van der Waals surface area contributed by atoms with Crippen LogP contribution in [0.5, 0.6) is 11.5 Å². The molecule has 1 saturated heterocycles. The van der Waals surface area contributed by atoms with E-state index in [9.17, 15) is 25.2 Å². The molecule has 3 rings (SSSR count). The van der Waals surface area contributed by atoms with Crippen molar-refractivity contribution < 1.29 is 39.4 Å². The summed E-state index contributed by atoms with van der Waals surface area (Å²) in [6.07, 6.45) is -7.03. The highest BCUT2D eigenvalue weighted by molar-refractivity contribution is 5.79. The van der Waals surface area contributed by atoms with Gasteiger partial charge in [-0.2, -0.15) is 0 Å². The third-order valence-electron chi connectivity index (χ3n) is 3.79. The number of hydrogen-bond donors (Lipinski definition) is 5. The van der Waals surface area contributed by atoms with Crippen molar-refractivity contribution in [2.24, 2.45) is 0 Å². The van der Waals surface area contributed by atoms with Gasteiger partial charge in [0.1, 0.15) is 35.7 Å². The molecule has 5 N–H and O–H groups in total. The van der Waals surface area contributed by atoms with Gasteiger partial charge in [-0.1, -0.05) is 0 Å². The van der Waals surface area contributed by atoms with Gasteiger partial charge in [-0.15, -0.1) is 0 Å². The van der Waals surface area contributed by atoms with Gasteiger partial charge in [0, 0.05) is 11.5 Å². The third-order valence-corrected chi connectivity index (χ3v) is 3.79. The van der Waals surface area contributed by atoms with Gasteiger partial charge in [-0.3, -0.25) is 0 Å². The average molecular weight is 340 g/mol. The molecule has 24 heavy (non-hydrogen) atoms. The summed E-state index contributed by atoms with van der Waals surface area (Å²) < 4.78 is 15.6. The molecule has 1 aliphatic heterocycles. The summed E-state index contributed by atoms with van der Waals surface area (Å²) in [6, 6.07) is 5.57. The lowest BCUT2D eigenvalue weighted by atomic mass is 9.99. The van der Waals surface area contributed by atoms with Gasteiger partial charge in [-0.05, 0) is 18.2 Å². The fourth-order valence-electron chi connectivity index (χ4n) is 2.45. The number of aromatic hydroxyl groups is 1. The second-order valence-corrected chi connectivity index (χ2v) is 5.43. The van der Waals surface area contributed by atoms with Crippen LogP contribution in [-0.4, -0.2) is 62.8 Å². The minimum Gasteiger partial charge on any atom is -0.502 e. The molecule has 2 heterocycles. The van der Waals surface area contributed by atoms with Gasteiger partial charge in [0.25, 0.3) is 0 Å². The highest BCUT2D eigenvalue weighted by Gasteiger charge is 2.44. The SMILES string of the molecule is O=c1oc2cc(OC3O[C@H](CO)[C@@H](O)[C@H](O)[C@H]3O)ccc2cc1O. The molecule has 1 aromatic carbocycles. The molecule has 0 spiro atoms. The van der Waals surface area contributed by atoms with E-state index < -0.39 is 48.7 Å². The lowest BCUT2D eigenvalue weighted by molar-refractivity contribution is -0.277. The number of benzene rings is 1. The van der Waals surface area contributed by atoms with Gasteiger partial charge in [0.2, 0.25) is 12.0 Å². The lowest BCUT2D eigenvalue weighted by Gasteiger charge is -2.39. The maximum absolute atomic E-state index is 11.3. The van der Waals surface area contributed by atoms with Crippen LogP contribution in [0.4, 0.5) is 0 Å². The maximum Gasteiger partial charge on any atom is 0.378 e. The zero-order chi connectivity index (χ0) is 17.4. The minimum atomic E-state index is -1.56. The van der Waals surface area contributed by atoms with Crippen molar-refractivity contribution in [3.63, 3.8) is 0 Å². The standard InChI is InChI=1S/C15H16O9/c16-5-10-11(18)12(19)13(20)15(24-10)22-7-2-1-6-3-8(17)14(21)23-9(6)4-7/h1-4,10-13,15-20H,5H2/t10-,11-,12+,13-,15?/m1/s1. The molecular formula is C15H16O9. The fraction of sp³-hybridized carbons (Fsp3) is 0.400. The Morgan fingerprint density at radius 3 is 2.54 bits per heavy atom. The summed E-state index contributed by atoms with van der Waals surface area (Å²) in [5.74, 6) is -0.370. The molecule has 1 aliphatic rings. The molecule has 9 heteroatoms. The Morgan fingerprint density at radius 1 is 1.08 bits per heavy atom. The van der Waals surface area contributed by atoms with E-state index >= 15 is 0 Å². The van der Waals surface area contributed by atoms with Crippen molar-refractivity contribution in [2.75, 3.05) is 6.61 Å². The van der Waals surface area contributed by atoms with E-state index in [-0.39, 0.29) is 11.3 Å². The van der Waals surface area contributed by atoms with Crippen LogP contribution < -0.4 is 10.4 Å². The van der Waals surface area contributed by atoms with Crippen molar-refractivity contribution >= 4 is 11.0 Å². The zero-order valence-corrected chi connectivity index (χ0v) is 12.3. The molecule has 0 amide bonds. The summed E-state index contributed by atoms with van der Waals surface area (Å²) in [6.45, 7) is -0.573. The normalized spacial score (nSPS) is 30.4. The average Bonchev–Trinajstić information content (AvgIpc) is 2.56. The Balaban J connectivity index is 1.86. The summed E-state index contributed by atoms with van der Waals surface area (Å²) in [5.41, 5.74) is -0.771. The molecule has 1 aromatic heterocycles. The van der Waals surface area contributed by atoms with Crippen LogP contribution in [-0.2, 0) is 4.74 Å². The molecule has 0 bridgehead atoms. The van der Waals surface area contributed by atoms with Crippen LogP contribution in [0.25, 0.3) is 11.0 Å². The summed E-state index contributed by atoms with van der Waals surface area (Å²) in [7, 11) is 0. The van der Waals surface area contributed by atoms with E-state index in [2.05, 4.69) is 0 Å². The third kappa shape index (κ3) is 2.95. The van der Waals surface area contributed by atoms with E-state index in [0.717, 1.165) is 0 Å². The van der Waals surface area contributed by atoms with Crippen LogP contribution >= 0.6 is 0 Å². The smallest absolute Gasteiger partial charge is 0.378 e. The molecule has 0 aliphatic carbocycles. The maximum atomic E-state index is 11.3. The predicted molar refractivity (Wildman–Crippen MR) is 78.5 cm³/mol. The van der Waals surface area contributed by atoms with Gasteiger partial charge < -0.3 is 39.4 Å². The number of rotatable bonds is 3. The number of hydrogen-bond acceptors (Lipinski definition) is 9. The quantitative estimate of drug-likeness (QED) is 0.429.